The molecule has 2 heterocycles. The molecule has 0 unspecified atom stereocenters. The third-order valence-electron chi connectivity index (χ3n) is 4.02. The number of rotatable bonds is 3. The maximum Gasteiger partial charge on any atom is 0.335 e. The highest BCUT2D eigenvalue weighted by Gasteiger charge is 2.14. The van der Waals surface area contributed by atoms with E-state index in [1.165, 1.54) is 30.3 Å². The van der Waals surface area contributed by atoms with Gasteiger partial charge in [0.25, 0.3) is 0 Å². The summed E-state index contributed by atoms with van der Waals surface area (Å²) in [6.07, 6.45) is 1.65. The van der Waals surface area contributed by atoms with Crippen LogP contribution in [0.2, 0.25) is 0 Å². The maximum atomic E-state index is 12.6. The van der Waals surface area contributed by atoms with Crippen LogP contribution in [0, 0.1) is 0 Å². The molecule has 2 aromatic heterocycles. The monoisotopic (exact) mass is 333 g/mol. The van der Waals surface area contributed by atoms with Crippen molar-refractivity contribution < 1.29 is 19.1 Å². The Bertz CT molecular complexity index is 1200. The summed E-state index contributed by atoms with van der Waals surface area (Å²) in [5, 5.41) is 9.54. The fraction of sp³-hybridized carbons (Fsp3) is 0. The van der Waals surface area contributed by atoms with E-state index in [-0.39, 0.29) is 38.7 Å². The molecule has 0 spiro atoms. The molecule has 0 fully saturated rings. The Morgan fingerprint density at radius 1 is 0.920 bits per heavy atom. The maximum absolute atomic E-state index is 12.6. The molecule has 0 aliphatic heterocycles. The van der Waals surface area contributed by atoms with Crippen molar-refractivity contribution in [1.82, 2.24) is 4.98 Å². The zero-order valence-corrected chi connectivity index (χ0v) is 12.8. The first-order valence-corrected chi connectivity index (χ1v) is 7.46. The van der Waals surface area contributed by atoms with Crippen LogP contribution in [0.3, 0.4) is 0 Å². The van der Waals surface area contributed by atoms with Crippen molar-refractivity contribution >= 4 is 33.7 Å². The average Bonchev–Trinajstić information content (AvgIpc) is 3.15. The number of carboxylic acids is 1. The number of aromatic nitrogens is 1. The molecule has 0 aliphatic carbocycles. The van der Waals surface area contributed by atoms with Gasteiger partial charge in [0.1, 0.15) is 11.2 Å². The van der Waals surface area contributed by atoms with Crippen molar-refractivity contribution in [2.45, 2.75) is 0 Å². The van der Waals surface area contributed by atoms with Crippen LogP contribution < -0.4 is 5.43 Å². The standard InChI is InChI=1S/C19H11NO5/c21-17(14-2-1-7-20-14)10-3-5-12-16(9-10)25-15-6-4-11(19(23)24)8-13(15)18(12)22/h1-9,20H,(H,23,24). The van der Waals surface area contributed by atoms with Gasteiger partial charge in [-0.05, 0) is 48.5 Å². The molecule has 0 bridgehead atoms. The number of nitrogens with one attached hydrogen (secondary N) is 1. The van der Waals surface area contributed by atoms with Crippen LogP contribution in [0.15, 0.2) is 63.9 Å². The molecule has 25 heavy (non-hydrogen) atoms. The number of fused-ring (bicyclic) bond motifs is 2. The van der Waals surface area contributed by atoms with E-state index >= 15 is 0 Å². The van der Waals surface area contributed by atoms with Gasteiger partial charge in [-0.15, -0.1) is 0 Å². The van der Waals surface area contributed by atoms with Gasteiger partial charge in [0.05, 0.1) is 22.0 Å². The highest BCUT2D eigenvalue weighted by atomic mass is 16.4. The Balaban J connectivity index is 1.93. The van der Waals surface area contributed by atoms with E-state index in [1.807, 2.05) is 0 Å². The quantitative estimate of drug-likeness (QED) is 0.443. The van der Waals surface area contributed by atoms with E-state index in [4.69, 9.17) is 9.52 Å². The average molecular weight is 333 g/mol. The third kappa shape index (κ3) is 2.40. The first-order valence-electron chi connectivity index (χ1n) is 7.46. The molecule has 2 aromatic carbocycles. The lowest BCUT2D eigenvalue weighted by atomic mass is 10.0. The molecule has 0 amide bonds. The van der Waals surface area contributed by atoms with Gasteiger partial charge in [-0.25, -0.2) is 4.79 Å². The normalized spacial score (nSPS) is 11.0. The fourth-order valence-electron chi connectivity index (χ4n) is 2.76. The lowest BCUT2D eigenvalue weighted by molar-refractivity contribution is 0.0697. The topological polar surface area (TPSA) is 100 Å². The van der Waals surface area contributed by atoms with E-state index in [0.29, 0.717) is 11.3 Å². The number of carbonyl (C=O) groups is 2. The number of ketones is 1. The van der Waals surface area contributed by atoms with E-state index in [9.17, 15) is 14.4 Å². The smallest absolute Gasteiger partial charge is 0.335 e. The van der Waals surface area contributed by atoms with Crippen LogP contribution >= 0.6 is 0 Å². The summed E-state index contributed by atoms with van der Waals surface area (Å²) in [6, 6.07) is 12.1. The van der Waals surface area contributed by atoms with Gasteiger partial charge in [0.2, 0.25) is 11.2 Å². The molecule has 0 saturated heterocycles. The van der Waals surface area contributed by atoms with Gasteiger partial charge in [0.15, 0.2) is 0 Å². The molecule has 122 valence electrons. The summed E-state index contributed by atoms with van der Waals surface area (Å²) in [5.41, 5.74) is 1.05. The molecule has 0 saturated carbocycles. The molecule has 0 atom stereocenters. The molecular formula is C19H11NO5. The van der Waals surface area contributed by atoms with Crippen molar-refractivity contribution in [1.29, 1.82) is 0 Å². The molecule has 0 aliphatic rings. The van der Waals surface area contributed by atoms with Gasteiger partial charge < -0.3 is 14.5 Å². The summed E-state index contributed by atoms with van der Waals surface area (Å²) in [4.78, 5) is 39.0. The SMILES string of the molecule is O=C(O)c1ccc2oc3cc(C(=O)c4ccc[nH]4)ccc3c(=O)c2c1. The number of hydrogen-bond donors (Lipinski definition) is 2. The number of carboxylic acid groups (broad SMARTS) is 1. The number of benzene rings is 2. The Hall–Kier alpha value is -3.67. The second-order valence-electron chi connectivity index (χ2n) is 5.57. The lowest BCUT2D eigenvalue weighted by Crippen LogP contribution is -2.06. The van der Waals surface area contributed by atoms with E-state index < -0.39 is 5.97 Å². The zero-order valence-electron chi connectivity index (χ0n) is 12.8. The molecule has 4 rings (SSSR count). The minimum Gasteiger partial charge on any atom is -0.478 e. The molecule has 6 heteroatoms. The van der Waals surface area contributed by atoms with Crippen LogP contribution in [0.25, 0.3) is 21.9 Å². The van der Waals surface area contributed by atoms with Crippen molar-refractivity contribution in [3.05, 3.63) is 81.8 Å². The summed E-state index contributed by atoms with van der Waals surface area (Å²) < 4.78 is 5.71. The van der Waals surface area contributed by atoms with Crippen molar-refractivity contribution in [3.8, 4) is 0 Å². The number of carbonyl (C=O) groups excluding carboxylic acids is 1. The van der Waals surface area contributed by atoms with Gasteiger partial charge >= 0.3 is 5.97 Å². The zero-order chi connectivity index (χ0) is 17.6. The van der Waals surface area contributed by atoms with Gasteiger partial charge in [-0.2, -0.15) is 0 Å². The predicted octanol–water partition coefficient (Wildman–Crippen LogP) is 3.20. The van der Waals surface area contributed by atoms with E-state index in [2.05, 4.69) is 4.98 Å². The second kappa shape index (κ2) is 5.45. The third-order valence-corrected chi connectivity index (χ3v) is 4.02. The largest absolute Gasteiger partial charge is 0.478 e. The van der Waals surface area contributed by atoms with Crippen LogP contribution in [-0.2, 0) is 0 Å². The van der Waals surface area contributed by atoms with Crippen LogP contribution in [0.5, 0.6) is 0 Å². The van der Waals surface area contributed by atoms with Gasteiger partial charge in [-0.3, -0.25) is 9.59 Å². The van der Waals surface area contributed by atoms with Crippen LogP contribution in [0.4, 0.5) is 0 Å². The Morgan fingerprint density at radius 2 is 1.72 bits per heavy atom. The Labute approximate surface area is 140 Å². The summed E-state index contributed by atoms with van der Waals surface area (Å²) >= 11 is 0. The number of aromatic carboxylic acids is 1. The lowest BCUT2D eigenvalue weighted by Gasteiger charge is -2.04. The van der Waals surface area contributed by atoms with E-state index in [0.717, 1.165) is 0 Å². The Kier molecular flexibility index (Phi) is 3.25. The van der Waals surface area contributed by atoms with Crippen molar-refractivity contribution in [3.63, 3.8) is 0 Å². The minimum atomic E-state index is -1.12. The van der Waals surface area contributed by atoms with Crippen molar-refractivity contribution in [2.24, 2.45) is 0 Å². The highest BCUT2D eigenvalue weighted by Crippen LogP contribution is 2.22. The molecule has 2 N–H and O–H groups in total. The first-order chi connectivity index (χ1) is 12.0. The summed E-state index contributed by atoms with van der Waals surface area (Å²) in [7, 11) is 0. The fourth-order valence-corrected chi connectivity index (χ4v) is 2.76. The summed E-state index contributed by atoms with van der Waals surface area (Å²) in [6.45, 7) is 0. The predicted molar refractivity (Wildman–Crippen MR) is 91.2 cm³/mol. The minimum absolute atomic E-state index is 0.0118. The first kappa shape index (κ1) is 14.9. The van der Waals surface area contributed by atoms with Gasteiger partial charge in [0, 0.05) is 11.8 Å². The van der Waals surface area contributed by atoms with Crippen LogP contribution in [0.1, 0.15) is 26.4 Å². The highest BCUT2D eigenvalue weighted by molar-refractivity contribution is 6.09. The molecule has 0 radical (unpaired) electrons. The number of aromatic amines is 1. The Morgan fingerprint density at radius 3 is 2.44 bits per heavy atom. The number of H-pyrrole nitrogens is 1. The molecule has 6 nitrogen and oxygen atoms in total. The van der Waals surface area contributed by atoms with Gasteiger partial charge in [-0.1, -0.05) is 0 Å². The molecular weight excluding hydrogens is 322 g/mol. The van der Waals surface area contributed by atoms with Crippen LogP contribution in [-0.4, -0.2) is 21.8 Å². The summed E-state index contributed by atoms with van der Waals surface area (Å²) in [5.74, 6) is -1.33. The second-order valence-corrected chi connectivity index (χ2v) is 5.57. The number of hydrogen-bond acceptors (Lipinski definition) is 4. The molecule has 4 aromatic rings. The van der Waals surface area contributed by atoms with Crippen molar-refractivity contribution in [2.75, 3.05) is 0 Å². The van der Waals surface area contributed by atoms with E-state index in [1.54, 1.807) is 24.4 Å².